The Morgan fingerprint density at radius 1 is 1.73 bits per heavy atom. The molecule has 2 N–H and O–H groups in total. The highest BCUT2D eigenvalue weighted by atomic mass is 16.5. The summed E-state index contributed by atoms with van der Waals surface area (Å²) in [6, 6.07) is -0.648. The zero-order chi connectivity index (χ0) is 11.3. The van der Waals surface area contributed by atoms with Gasteiger partial charge in [0.15, 0.2) is 0 Å². The lowest BCUT2D eigenvalue weighted by Crippen LogP contribution is -2.57. The van der Waals surface area contributed by atoms with Crippen molar-refractivity contribution in [1.82, 2.24) is 10.2 Å². The number of carbonyl (C=O) groups excluding carboxylic acids is 1. The molecular formula is C9H16N2O4. The van der Waals surface area contributed by atoms with Gasteiger partial charge in [-0.1, -0.05) is 0 Å². The predicted molar refractivity (Wildman–Crippen MR) is 52.5 cm³/mol. The second-order valence-corrected chi connectivity index (χ2v) is 3.46. The van der Waals surface area contributed by atoms with Gasteiger partial charge in [0, 0.05) is 26.8 Å². The number of ether oxygens (including phenoxy) is 1. The lowest BCUT2D eigenvalue weighted by molar-refractivity contribution is -0.144. The van der Waals surface area contributed by atoms with Crippen molar-refractivity contribution in [2.45, 2.75) is 12.5 Å². The van der Waals surface area contributed by atoms with Crippen LogP contribution in [0, 0.1) is 0 Å². The molecule has 0 saturated carbocycles. The zero-order valence-electron chi connectivity index (χ0n) is 8.73. The molecule has 86 valence electrons. The molecule has 0 spiro atoms. The molecule has 1 aliphatic rings. The van der Waals surface area contributed by atoms with E-state index in [0.717, 1.165) is 6.42 Å². The van der Waals surface area contributed by atoms with Gasteiger partial charge in [-0.2, -0.15) is 0 Å². The van der Waals surface area contributed by atoms with Crippen LogP contribution in [0.25, 0.3) is 0 Å². The van der Waals surface area contributed by atoms with Crippen LogP contribution >= 0.6 is 0 Å². The third-order valence-corrected chi connectivity index (χ3v) is 2.33. The number of rotatable bonds is 5. The minimum absolute atomic E-state index is 0.0522. The Kier molecular flexibility index (Phi) is 4.51. The highest BCUT2D eigenvalue weighted by Gasteiger charge is 2.28. The van der Waals surface area contributed by atoms with Gasteiger partial charge in [-0.25, -0.2) is 0 Å². The molecule has 1 unspecified atom stereocenters. The SMILES string of the molecule is COCCCN1CC(C(=O)O)NCC1=O. The molecule has 1 saturated heterocycles. The van der Waals surface area contributed by atoms with Crippen LogP contribution in [0.15, 0.2) is 0 Å². The maximum Gasteiger partial charge on any atom is 0.322 e. The van der Waals surface area contributed by atoms with Gasteiger partial charge in [0.1, 0.15) is 6.04 Å². The number of amides is 1. The average Bonchev–Trinajstić information content (AvgIpc) is 2.20. The van der Waals surface area contributed by atoms with Gasteiger partial charge >= 0.3 is 5.97 Å². The Balaban J connectivity index is 2.39. The molecular weight excluding hydrogens is 200 g/mol. The first kappa shape index (κ1) is 11.9. The molecule has 0 aromatic carbocycles. The summed E-state index contributed by atoms with van der Waals surface area (Å²) >= 11 is 0. The number of piperazine rings is 1. The normalized spacial score (nSPS) is 21.8. The molecule has 1 fully saturated rings. The number of carbonyl (C=O) groups is 2. The summed E-state index contributed by atoms with van der Waals surface area (Å²) in [7, 11) is 1.60. The van der Waals surface area contributed by atoms with E-state index in [4.69, 9.17) is 9.84 Å². The van der Waals surface area contributed by atoms with Crippen molar-refractivity contribution < 1.29 is 19.4 Å². The highest BCUT2D eigenvalue weighted by molar-refractivity contribution is 5.83. The molecule has 0 aromatic rings. The van der Waals surface area contributed by atoms with Crippen LogP contribution in [0.2, 0.25) is 0 Å². The second kappa shape index (κ2) is 5.67. The maximum atomic E-state index is 11.4. The largest absolute Gasteiger partial charge is 0.480 e. The van der Waals surface area contributed by atoms with Gasteiger partial charge < -0.3 is 14.7 Å². The van der Waals surface area contributed by atoms with Crippen LogP contribution in [0.5, 0.6) is 0 Å². The van der Waals surface area contributed by atoms with Crippen LogP contribution in [0.4, 0.5) is 0 Å². The summed E-state index contributed by atoms with van der Waals surface area (Å²) in [6.07, 6.45) is 0.731. The molecule has 0 bridgehead atoms. The van der Waals surface area contributed by atoms with E-state index in [0.29, 0.717) is 13.2 Å². The van der Waals surface area contributed by atoms with Crippen LogP contribution in [-0.2, 0) is 14.3 Å². The molecule has 0 aliphatic carbocycles. The number of hydrogen-bond donors (Lipinski definition) is 2. The Bertz CT molecular complexity index is 244. The summed E-state index contributed by atoms with van der Waals surface area (Å²) < 4.78 is 4.87. The summed E-state index contributed by atoms with van der Waals surface area (Å²) in [4.78, 5) is 23.7. The minimum atomic E-state index is -0.917. The van der Waals surface area contributed by atoms with Gasteiger partial charge in [-0.15, -0.1) is 0 Å². The predicted octanol–water partition coefficient (Wildman–Crippen LogP) is -1.09. The molecule has 6 heteroatoms. The van der Waals surface area contributed by atoms with Crippen LogP contribution in [-0.4, -0.2) is 61.3 Å². The first-order valence-corrected chi connectivity index (χ1v) is 4.88. The van der Waals surface area contributed by atoms with E-state index in [2.05, 4.69) is 5.32 Å². The van der Waals surface area contributed by atoms with E-state index in [1.54, 1.807) is 12.0 Å². The topological polar surface area (TPSA) is 78.9 Å². The van der Waals surface area contributed by atoms with E-state index >= 15 is 0 Å². The van der Waals surface area contributed by atoms with Crippen molar-refractivity contribution in [1.29, 1.82) is 0 Å². The summed E-state index contributed by atoms with van der Waals surface area (Å²) in [5, 5.41) is 11.5. The fourth-order valence-electron chi connectivity index (χ4n) is 1.49. The molecule has 6 nitrogen and oxygen atoms in total. The first-order chi connectivity index (χ1) is 7.15. The van der Waals surface area contributed by atoms with E-state index in [1.165, 1.54) is 0 Å². The number of hydrogen-bond acceptors (Lipinski definition) is 4. The van der Waals surface area contributed by atoms with Crippen LogP contribution < -0.4 is 5.32 Å². The molecule has 0 radical (unpaired) electrons. The Hall–Kier alpha value is -1.14. The number of aliphatic carboxylic acids is 1. The fraction of sp³-hybridized carbons (Fsp3) is 0.778. The lowest BCUT2D eigenvalue weighted by atomic mass is 10.2. The van der Waals surface area contributed by atoms with Gasteiger partial charge in [-0.05, 0) is 6.42 Å². The number of nitrogens with zero attached hydrogens (tertiary/aromatic N) is 1. The molecule has 1 amide bonds. The number of carboxylic acids is 1. The lowest BCUT2D eigenvalue weighted by Gasteiger charge is -2.31. The molecule has 1 rings (SSSR count). The van der Waals surface area contributed by atoms with Crippen molar-refractivity contribution in [3.05, 3.63) is 0 Å². The van der Waals surface area contributed by atoms with Gasteiger partial charge in [0.05, 0.1) is 6.54 Å². The first-order valence-electron chi connectivity index (χ1n) is 4.88. The van der Waals surface area contributed by atoms with Crippen molar-refractivity contribution in [3.8, 4) is 0 Å². The van der Waals surface area contributed by atoms with Crippen molar-refractivity contribution in [2.75, 3.05) is 33.4 Å². The van der Waals surface area contributed by atoms with Crippen molar-refractivity contribution >= 4 is 11.9 Å². The summed E-state index contributed by atoms with van der Waals surface area (Å²) in [6.45, 7) is 1.47. The number of methoxy groups -OCH3 is 1. The average molecular weight is 216 g/mol. The summed E-state index contributed by atoms with van der Waals surface area (Å²) in [5.74, 6) is -0.970. The second-order valence-electron chi connectivity index (χ2n) is 3.46. The Morgan fingerprint density at radius 3 is 3.07 bits per heavy atom. The third kappa shape index (κ3) is 3.49. The van der Waals surface area contributed by atoms with E-state index in [9.17, 15) is 9.59 Å². The summed E-state index contributed by atoms with van der Waals surface area (Å²) in [5.41, 5.74) is 0. The van der Waals surface area contributed by atoms with Gasteiger partial charge in [0.2, 0.25) is 5.91 Å². The van der Waals surface area contributed by atoms with Gasteiger partial charge in [-0.3, -0.25) is 14.9 Å². The zero-order valence-corrected chi connectivity index (χ0v) is 8.73. The van der Waals surface area contributed by atoms with Gasteiger partial charge in [0.25, 0.3) is 0 Å². The van der Waals surface area contributed by atoms with E-state index in [-0.39, 0.29) is 19.0 Å². The smallest absolute Gasteiger partial charge is 0.322 e. The Morgan fingerprint density at radius 2 is 2.47 bits per heavy atom. The standard InChI is InChI=1S/C9H16N2O4/c1-15-4-2-3-11-6-7(9(13)14)10-5-8(11)12/h7,10H,2-6H2,1H3,(H,13,14). The molecule has 0 aromatic heterocycles. The van der Waals surface area contributed by atoms with Crippen molar-refractivity contribution in [2.24, 2.45) is 0 Å². The highest BCUT2D eigenvalue weighted by Crippen LogP contribution is 2.02. The van der Waals surface area contributed by atoms with Crippen LogP contribution in [0.1, 0.15) is 6.42 Å². The van der Waals surface area contributed by atoms with Crippen LogP contribution in [0.3, 0.4) is 0 Å². The fourth-order valence-corrected chi connectivity index (χ4v) is 1.49. The number of carboxylic acid groups (broad SMARTS) is 1. The third-order valence-electron chi connectivity index (χ3n) is 2.33. The quantitative estimate of drug-likeness (QED) is 0.571. The van der Waals surface area contributed by atoms with E-state index < -0.39 is 12.0 Å². The monoisotopic (exact) mass is 216 g/mol. The minimum Gasteiger partial charge on any atom is -0.480 e. The number of nitrogens with one attached hydrogen (secondary N) is 1. The van der Waals surface area contributed by atoms with Crippen molar-refractivity contribution in [3.63, 3.8) is 0 Å². The molecule has 15 heavy (non-hydrogen) atoms. The molecule has 1 aliphatic heterocycles. The molecule has 1 heterocycles. The Labute approximate surface area is 88.2 Å². The maximum absolute atomic E-state index is 11.4. The molecule has 1 atom stereocenters. The van der Waals surface area contributed by atoms with E-state index in [1.807, 2.05) is 0 Å².